The third-order valence-electron chi connectivity index (χ3n) is 3.22. The molecule has 0 aliphatic heterocycles. The lowest BCUT2D eigenvalue weighted by Gasteiger charge is -2.10. The molecule has 0 bridgehead atoms. The van der Waals surface area contributed by atoms with Crippen molar-refractivity contribution >= 4 is 5.97 Å². The van der Waals surface area contributed by atoms with E-state index in [0.29, 0.717) is 24.3 Å². The van der Waals surface area contributed by atoms with Gasteiger partial charge in [-0.15, -0.1) is 0 Å². The predicted molar refractivity (Wildman–Crippen MR) is 81.8 cm³/mol. The zero-order chi connectivity index (χ0) is 18.4. The first kappa shape index (κ1) is 18.8. The van der Waals surface area contributed by atoms with Crippen molar-refractivity contribution in [3.8, 4) is 11.4 Å². The average molecular weight is 355 g/mol. The Morgan fingerprint density at radius 2 is 1.96 bits per heavy atom. The molecule has 0 aliphatic carbocycles. The highest BCUT2D eigenvalue weighted by Gasteiger charge is 2.32. The van der Waals surface area contributed by atoms with Gasteiger partial charge in [-0.3, -0.25) is 4.98 Å². The van der Waals surface area contributed by atoms with Crippen molar-refractivity contribution in [3.63, 3.8) is 0 Å². The number of nitrogens with zero attached hydrogens (tertiary/aromatic N) is 3. The molecule has 2 heterocycles. The first-order valence-electron chi connectivity index (χ1n) is 7.42. The predicted octanol–water partition coefficient (Wildman–Crippen LogP) is 2.92. The second kappa shape index (κ2) is 8.02. The minimum Gasteiger partial charge on any atom is -0.462 e. The van der Waals surface area contributed by atoms with Gasteiger partial charge >= 0.3 is 12.1 Å². The Morgan fingerprint density at radius 1 is 1.20 bits per heavy atom. The minimum atomic E-state index is -4.52. The molecule has 0 spiro atoms. The number of carbonyl (C=O) groups excluding carboxylic acids is 1. The van der Waals surface area contributed by atoms with Crippen LogP contribution in [0.4, 0.5) is 13.2 Å². The van der Waals surface area contributed by atoms with Crippen molar-refractivity contribution in [1.29, 1.82) is 0 Å². The summed E-state index contributed by atoms with van der Waals surface area (Å²) < 4.78 is 47.7. The van der Waals surface area contributed by atoms with Gasteiger partial charge in [0, 0.05) is 31.5 Å². The highest BCUT2D eigenvalue weighted by molar-refractivity contribution is 5.90. The fourth-order valence-corrected chi connectivity index (χ4v) is 2.02. The summed E-state index contributed by atoms with van der Waals surface area (Å²) in [4.78, 5) is 23.6. The van der Waals surface area contributed by atoms with E-state index in [1.807, 2.05) is 0 Å². The summed E-state index contributed by atoms with van der Waals surface area (Å²) in [5.41, 5.74) is -0.103. The van der Waals surface area contributed by atoms with Gasteiger partial charge in [0.2, 0.25) is 0 Å². The lowest BCUT2D eigenvalue weighted by atomic mass is 10.1. The monoisotopic (exact) mass is 355 g/mol. The van der Waals surface area contributed by atoms with E-state index in [2.05, 4.69) is 15.0 Å². The Labute approximate surface area is 142 Å². The van der Waals surface area contributed by atoms with E-state index in [0.717, 1.165) is 12.3 Å². The second-order valence-corrected chi connectivity index (χ2v) is 4.95. The molecular weight excluding hydrogens is 339 g/mol. The van der Waals surface area contributed by atoms with Crippen LogP contribution in [0.2, 0.25) is 0 Å². The molecule has 0 saturated carbocycles. The molecule has 2 aromatic rings. The number of aromatic nitrogens is 3. The quantitative estimate of drug-likeness (QED) is 0.742. The fraction of sp³-hybridized carbons (Fsp3) is 0.375. The van der Waals surface area contributed by atoms with E-state index in [9.17, 15) is 18.0 Å². The van der Waals surface area contributed by atoms with Gasteiger partial charge in [0.25, 0.3) is 0 Å². The second-order valence-electron chi connectivity index (χ2n) is 4.95. The van der Waals surface area contributed by atoms with Gasteiger partial charge in [-0.05, 0) is 19.1 Å². The summed E-state index contributed by atoms with van der Waals surface area (Å²) in [7, 11) is 1.51. The van der Waals surface area contributed by atoms with Crippen LogP contribution in [0.5, 0.6) is 0 Å². The van der Waals surface area contributed by atoms with Crippen LogP contribution in [0.15, 0.2) is 24.5 Å². The molecule has 2 rings (SSSR count). The first-order chi connectivity index (χ1) is 11.9. The SMILES string of the molecule is CCOC(=O)c1cnc(-c2ccc(C(F)(F)F)nc2)nc1CCOC. The Balaban J connectivity index is 2.36. The van der Waals surface area contributed by atoms with Crippen LogP contribution < -0.4 is 0 Å². The molecule has 9 heteroatoms. The molecule has 0 unspecified atom stereocenters. The Bertz CT molecular complexity index is 734. The molecular formula is C16H16F3N3O3. The van der Waals surface area contributed by atoms with Crippen molar-refractivity contribution in [1.82, 2.24) is 15.0 Å². The molecule has 25 heavy (non-hydrogen) atoms. The van der Waals surface area contributed by atoms with Gasteiger partial charge in [-0.25, -0.2) is 14.8 Å². The van der Waals surface area contributed by atoms with Crippen LogP contribution in [0.25, 0.3) is 11.4 Å². The third-order valence-corrected chi connectivity index (χ3v) is 3.22. The molecule has 0 saturated heterocycles. The van der Waals surface area contributed by atoms with Crippen LogP contribution in [0.3, 0.4) is 0 Å². The summed E-state index contributed by atoms with van der Waals surface area (Å²) in [5.74, 6) is -0.397. The van der Waals surface area contributed by atoms with E-state index in [1.54, 1.807) is 6.92 Å². The number of carbonyl (C=O) groups is 1. The van der Waals surface area contributed by atoms with E-state index in [1.165, 1.54) is 19.4 Å². The molecule has 2 aromatic heterocycles. The minimum absolute atomic E-state index is 0.167. The maximum atomic E-state index is 12.6. The summed E-state index contributed by atoms with van der Waals surface area (Å²) in [5, 5.41) is 0. The summed E-state index contributed by atoms with van der Waals surface area (Å²) in [6.45, 7) is 2.19. The summed E-state index contributed by atoms with van der Waals surface area (Å²) >= 11 is 0. The van der Waals surface area contributed by atoms with Crippen LogP contribution >= 0.6 is 0 Å². The first-order valence-corrected chi connectivity index (χ1v) is 7.42. The molecule has 0 aliphatic rings. The number of halogens is 3. The molecule has 0 aromatic carbocycles. The van der Waals surface area contributed by atoms with E-state index in [4.69, 9.17) is 9.47 Å². The molecule has 0 radical (unpaired) electrons. The number of esters is 1. The van der Waals surface area contributed by atoms with Crippen LogP contribution in [-0.4, -0.2) is 41.2 Å². The number of alkyl halides is 3. The van der Waals surface area contributed by atoms with Gasteiger partial charge in [0.15, 0.2) is 5.82 Å². The largest absolute Gasteiger partial charge is 0.462 e. The maximum absolute atomic E-state index is 12.6. The topological polar surface area (TPSA) is 74.2 Å². The van der Waals surface area contributed by atoms with Gasteiger partial charge in [0.1, 0.15) is 5.69 Å². The van der Waals surface area contributed by atoms with E-state index < -0.39 is 17.8 Å². The highest BCUT2D eigenvalue weighted by Crippen LogP contribution is 2.28. The maximum Gasteiger partial charge on any atom is 0.433 e. The standard InChI is InChI=1S/C16H16F3N3O3/c1-3-25-15(23)11-9-21-14(22-12(11)6-7-24-2)10-4-5-13(20-8-10)16(17,18)19/h4-5,8-9H,3,6-7H2,1-2H3. The number of hydrogen-bond acceptors (Lipinski definition) is 6. The summed E-state index contributed by atoms with van der Waals surface area (Å²) in [6.07, 6.45) is -1.85. The van der Waals surface area contributed by atoms with Crippen molar-refractivity contribution < 1.29 is 27.4 Å². The molecule has 0 fully saturated rings. The van der Waals surface area contributed by atoms with Gasteiger partial charge in [-0.1, -0.05) is 0 Å². The lowest BCUT2D eigenvalue weighted by Crippen LogP contribution is -2.13. The zero-order valence-corrected chi connectivity index (χ0v) is 13.6. The number of methoxy groups -OCH3 is 1. The zero-order valence-electron chi connectivity index (χ0n) is 13.6. The van der Waals surface area contributed by atoms with Crippen LogP contribution in [0, 0.1) is 0 Å². The third kappa shape index (κ3) is 4.72. The van der Waals surface area contributed by atoms with Gasteiger partial charge in [0.05, 0.1) is 24.5 Å². The molecule has 0 amide bonds. The fourth-order valence-electron chi connectivity index (χ4n) is 2.02. The molecule has 0 atom stereocenters. The van der Waals surface area contributed by atoms with Gasteiger partial charge in [-0.2, -0.15) is 13.2 Å². The average Bonchev–Trinajstić information content (AvgIpc) is 2.59. The molecule has 0 N–H and O–H groups in total. The highest BCUT2D eigenvalue weighted by atomic mass is 19.4. The van der Waals surface area contributed by atoms with Gasteiger partial charge < -0.3 is 9.47 Å². The van der Waals surface area contributed by atoms with Crippen molar-refractivity contribution in [3.05, 3.63) is 41.5 Å². The number of pyridine rings is 1. The number of hydrogen-bond donors (Lipinski definition) is 0. The van der Waals surface area contributed by atoms with Crippen molar-refractivity contribution in [2.45, 2.75) is 19.5 Å². The Kier molecular flexibility index (Phi) is 6.02. The normalized spacial score (nSPS) is 11.4. The molecule has 6 nitrogen and oxygen atoms in total. The Hall–Kier alpha value is -2.55. The van der Waals surface area contributed by atoms with Crippen molar-refractivity contribution in [2.24, 2.45) is 0 Å². The van der Waals surface area contributed by atoms with Crippen LogP contribution in [0.1, 0.15) is 28.7 Å². The number of rotatable bonds is 6. The lowest BCUT2D eigenvalue weighted by molar-refractivity contribution is -0.141. The Morgan fingerprint density at radius 3 is 2.52 bits per heavy atom. The number of ether oxygens (including phenoxy) is 2. The molecule has 134 valence electrons. The van der Waals surface area contributed by atoms with E-state index >= 15 is 0 Å². The summed E-state index contributed by atoms with van der Waals surface area (Å²) in [6, 6.07) is 2.09. The smallest absolute Gasteiger partial charge is 0.433 e. The van der Waals surface area contributed by atoms with Crippen LogP contribution in [-0.2, 0) is 22.1 Å². The van der Waals surface area contributed by atoms with E-state index in [-0.39, 0.29) is 18.0 Å². The van der Waals surface area contributed by atoms with Crippen molar-refractivity contribution in [2.75, 3.05) is 20.3 Å².